The maximum atomic E-state index is 12.3. The number of amides is 1. The van der Waals surface area contributed by atoms with Gasteiger partial charge in [0.05, 0.1) is 28.8 Å². The van der Waals surface area contributed by atoms with Crippen molar-refractivity contribution in [2.75, 3.05) is 13.1 Å². The first-order chi connectivity index (χ1) is 12.2. The topological polar surface area (TPSA) is 67.1 Å². The van der Waals surface area contributed by atoms with Crippen LogP contribution in [0, 0.1) is 11.8 Å². The summed E-state index contributed by atoms with van der Waals surface area (Å²) in [4.78, 5) is 18.3. The third kappa shape index (κ3) is 2.95. The van der Waals surface area contributed by atoms with Crippen molar-refractivity contribution in [2.24, 2.45) is 11.8 Å². The van der Waals surface area contributed by atoms with E-state index in [0.717, 1.165) is 5.52 Å². The van der Waals surface area contributed by atoms with E-state index in [2.05, 4.69) is 4.98 Å². The number of carbonyl (C=O) groups is 1. The summed E-state index contributed by atoms with van der Waals surface area (Å²) in [6.45, 7) is 6.83. The molecule has 1 N–H and O–H groups in total. The van der Waals surface area contributed by atoms with Crippen LogP contribution in [0.1, 0.15) is 39.3 Å². The molecule has 1 saturated heterocycles. The van der Waals surface area contributed by atoms with Crippen LogP contribution < -0.4 is 0 Å². The summed E-state index contributed by atoms with van der Waals surface area (Å²) >= 11 is 6.45. The van der Waals surface area contributed by atoms with Crippen LogP contribution in [0.15, 0.2) is 24.7 Å². The number of nitrogens with zero attached hydrogens (tertiary/aromatic N) is 3. The van der Waals surface area contributed by atoms with Crippen LogP contribution in [0.5, 0.6) is 0 Å². The Balaban J connectivity index is 1.55. The molecule has 3 heterocycles. The smallest absolute Gasteiger partial charge is 0.410 e. The largest absolute Gasteiger partial charge is 0.444 e. The summed E-state index contributed by atoms with van der Waals surface area (Å²) in [6.07, 6.45) is 4.33. The molecule has 1 aliphatic carbocycles. The molecule has 2 aromatic rings. The van der Waals surface area contributed by atoms with E-state index < -0.39 is 11.2 Å². The molecule has 0 radical (unpaired) electrons. The van der Waals surface area contributed by atoms with E-state index >= 15 is 0 Å². The van der Waals surface area contributed by atoms with Gasteiger partial charge in [-0.3, -0.25) is 4.40 Å². The van der Waals surface area contributed by atoms with E-state index in [-0.39, 0.29) is 17.9 Å². The lowest BCUT2D eigenvalue weighted by molar-refractivity contribution is 0.0132. The summed E-state index contributed by atoms with van der Waals surface area (Å²) in [5.74, 6) is 0.477. The lowest BCUT2D eigenvalue weighted by Crippen LogP contribution is -2.37. The number of hydrogen-bond acceptors (Lipinski definition) is 4. The molecule has 3 atom stereocenters. The van der Waals surface area contributed by atoms with E-state index in [1.54, 1.807) is 17.4 Å². The number of aromatic nitrogens is 2. The van der Waals surface area contributed by atoms with Crippen molar-refractivity contribution < 1.29 is 14.6 Å². The number of carbonyl (C=O) groups excluding carboxylic acids is 1. The second-order valence-corrected chi connectivity index (χ2v) is 8.97. The predicted octanol–water partition coefficient (Wildman–Crippen LogP) is 3.45. The molecular weight excluding hydrogens is 354 g/mol. The molecule has 26 heavy (non-hydrogen) atoms. The Bertz CT molecular complexity index is 843. The maximum absolute atomic E-state index is 12.3. The zero-order valence-electron chi connectivity index (χ0n) is 15.3. The summed E-state index contributed by atoms with van der Waals surface area (Å²) in [7, 11) is 0. The van der Waals surface area contributed by atoms with Crippen molar-refractivity contribution in [3.8, 4) is 0 Å². The van der Waals surface area contributed by atoms with Gasteiger partial charge in [-0.1, -0.05) is 11.6 Å². The molecule has 4 rings (SSSR count). The molecule has 0 spiro atoms. The first-order valence-corrected chi connectivity index (χ1v) is 9.35. The second kappa shape index (κ2) is 5.86. The number of hydrogen-bond donors (Lipinski definition) is 1. The zero-order chi connectivity index (χ0) is 18.7. The molecule has 140 valence electrons. The van der Waals surface area contributed by atoms with Crippen molar-refractivity contribution in [1.82, 2.24) is 14.3 Å². The van der Waals surface area contributed by atoms with Crippen LogP contribution in [0.4, 0.5) is 4.79 Å². The monoisotopic (exact) mass is 377 g/mol. The van der Waals surface area contributed by atoms with Crippen molar-refractivity contribution >= 4 is 23.2 Å². The fourth-order valence-electron chi connectivity index (χ4n) is 4.44. The molecule has 1 aliphatic heterocycles. The van der Waals surface area contributed by atoms with Crippen LogP contribution in [-0.4, -0.2) is 44.2 Å². The average molecular weight is 378 g/mol. The Hall–Kier alpha value is -1.79. The van der Waals surface area contributed by atoms with Gasteiger partial charge in [0.1, 0.15) is 11.2 Å². The highest BCUT2D eigenvalue weighted by Crippen LogP contribution is 2.50. The molecular formula is C19H24ClN3O3. The van der Waals surface area contributed by atoms with Crippen molar-refractivity contribution in [2.45, 2.75) is 44.8 Å². The number of rotatable bonds is 1. The molecule has 1 saturated carbocycles. The van der Waals surface area contributed by atoms with Gasteiger partial charge < -0.3 is 14.7 Å². The summed E-state index contributed by atoms with van der Waals surface area (Å²) in [5.41, 5.74) is 0.102. The van der Waals surface area contributed by atoms with Crippen molar-refractivity contribution in [3.63, 3.8) is 0 Å². The van der Waals surface area contributed by atoms with Crippen LogP contribution in [0.2, 0.25) is 5.02 Å². The van der Waals surface area contributed by atoms with Gasteiger partial charge in [-0.2, -0.15) is 0 Å². The Kier molecular flexibility index (Phi) is 3.97. The fourth-order valence-corrected chi connectivity index (χ4v) is 4.77. The van der Waals surface area contributed by atoms with Crippen LogP contribution >= 0.6 is 11.6 Å². The molecule has 0 bridgehead atoms. The highest BCUT2D eigenvalue weighted by Gasteiger charge is 2.52. The first-order valence-electron chi connectivity index (χ1n) is 8.98. The van der Waals surface area contributed by atoms with Gasteiger partial charge in [0.2, 0.25) is 0 Å². The minimum absolute atomic E-state index is 0.238. The molecule has 1 amide bonds. The molecule has 0 aromatic carbocycles. The lowest BCUT2D eigenvalue weighted by Gasteiger charge is -2.29. The van der Waals surface area contributed by atoms with Crippen molar-refractivity contribution in [1.29, 1.82) is 0 Å². The first kappa shape index (κ1) is 17.6. The van der Waals surface area contributed by atoms with Crippen LogP contribution in [0.25, 0.3) is 5.52 Å². The molecule has 6 nitrogen and oxygen atoms in total. The van der Waals surface area contributed by atoms with Crippen LogP contribution in [0.3, 0.4) is 0 Å². The number of pyridine rings is 1. The van der Waals surface area contributed by atoms with E-state index in [4.69, 9.17) is 16.3 Å². The standard InChI is InChI=1S/C19H24ClN3O3/c1-18(2,3)26-17(24)22-9-12-6-19(25,7-13(12)10-22)16-15(20)5-4-14-8-21-11-23(14)16/h4-5,8,11-13,25H,6-7,9-10H2,1-3H3/t12-,13+,19?. The number of fused-ring (bicyclic) bond motifs is 2. The summed E-state index contributed by atoms with van der Waals surface area (Å²) in [6, 6.07) is 3.70. The number of aliphatic hydroxyl groups is 1. The van der Waals surface area contributed by atoms with Crippen LogP contribution in [-0.2, 0) is 10.3 Å². The SMILES string of the molecule is CC(C)(C)OC(=O)N1C[C@@H]2CC(O)(c3c(Cl)ccc4cncn34)C[C@@H]2C1. The third-order valence-corrected chi connectivity index (χ3v) is 5.71. The fraction of sp³-hybridized carbons (Fsp3) is 0.579. The molecule has 7 heteroatoms. The van der Waals surface area contributed by atoms with Gasteiger partial charge in [-0.15, -0.1) is 0 Å². The van der Waals surface area contributed by atoms with Crippen molar-refractivity contribution in [3.05, 3.63) is 35.4 Å². The molecule has 2 aromatic heterocycles. The van der Waals surface area contributed by atoms with Gasteiger partial charge >= 0.3 is 6.09 Å². The van der Waals surface area contributed by atoms with Gasteiger partial charge in [0.15, 0.2) is 0 Å². The number of halogens is 1. The van der Waals surface area contributed by atoms with Gasteiger partial charge in [0.25, 0.3) is 0 Å². The maximum Gasteiger partial charge on any atom is 0.410 e. The minimum Gasteiger partial charge on any atom is -0.444 e. The predicted molar refractivity (Wildman–Crippen MR) is 98.1 cm³/mol. The number of likely N-dealkylation sites (tertiary alicyclic amines) is 1. The second-order valence-electron chi connectivity index (χ2n) is 8.56. The summed E-state index contributed by atoms with van der Waals surface area (Å²) < 4.78 is 7.35. The molecule has 2 fully saturated rings. The lowest BCUT2D eigenvalue weighted by atomic mass is 9.94. The zero-order valence-corrected chi connectivity index (χ0v) is 16.0. The Labute approximate surface area is 157 Å². The highest BCUT2D eigenvalue weighted by molar-refractivity contribution is 6.31. The minimum atomic E-state index is -1.01. The Morgan fingerprint density at radius 3 is 2.58 bits per heavy atom. The normalized spacial score (nSPS) is 28.6. The molecule has 2 aliphatic rings. The number of ether oxygens (including phenoxy) is 1. The number of imidazole rings is 1. The molecule has 1 unspecified atom stereocenters. The summed E-state index contributed by atoms with van der Waals surface area (Å²) in [5, 5.41) is 12.0. The third-order valence-electron chi connectivity index (χ3n) is 5.40. The van der Waals surface area contributed by atoms with Gasteiger partial charge in [0, 0.05) is 13.1 Å². The Morgan fingerprint density at radius 2 is 1.96 bits per heavy atom. The average Bonchev–Trinajstić information content (AvgIpc) is 3.17. The van der Waals surface area contributed by atoms with Gasteiger partial charge in [-0.05, 0) is 57.6 Å². The van der Waals surface area contributed by atoms with E-state index in [9.17, 15) is 9.90 Å². The van der Waals surface area contributed by atoms with E-state index in [0.29, 0.717) is 36.6 Å². The van der Waals surface area contributed by atoms with Gasteiger partial charge in [-0.25, -0.2) is 9.78 Å². The van der Waals surface area contributed by atoms with E-state index in [1.165, 1.54) is 0 Å². The Morgan fingerprint density at radius 1 is 1.31 bits per heavy atom. The quantitative estimate of drug-likeness (QED) is 0.826. The van der Waals surface area contributed by atoms with E-state index in [1.807, 2.05) is 37.3 Å². The highest BCUT2D eigenvalue weighted by atomic mass is 35.5.